The number of nitrogens with one attached hydrogen (secondary N) is 1. The summed E-state index contributed by atoms with van der Waals surface area (Å²) in [6.07, 6.45) is 0. The van der Waals surface area contributed by atoms with Gasteiger partial charge in [-0.3, -0.25) is 0 Å². The van der Waals surface area contributed by atoms with Crippen molar-refractivity contribution in [3.63, 3.8) is 0 Å². The second-order valence-electron chi connectivity index (χ2n) is 5.96. The highest BCUT2D eigenvalue weighted by molar-refractivity contribution is 6.37. The van der Waals surface area contributed by atoms with Gasteiger partial charge in [0.15, 0.2) is 5.75 Å². The predicted molar refractivity (Wildman–Crippen MR) is 107 cm³/mol. The van der Waals surface area contributed by atoms with Crippen molar-refractivity contribution in [1.29, 1.82) is 0 Å². The Morgan fingerprint density at radius 3 is 2.23 bits per heavy atom. The smallest absolute Gasteiger partial charge is 0.152 e. The molecule has 0 saturated heterocycles. The largest absolute Gasteiger partial charge is 0.505 e. The van der Waals surface area contributed by atoms with Crippen molar-refractivity contribution in [2.75, 3.05) is 5.32 Å². The average Bonchev–Trinajstić information content (AvgIpc) is 2.64. The highest BCUT2D eigenvalue weighted by Crippen LogP contribution is 2.35. The lowest BCUT2D eigenvalue weighted by Gasteiger charge is -2.14. The molecule has 0 saturated carbocycles. The van der Waals surface area contributed by atoms with Gasteiger partial charge in [-0.15, -0.1) is 0 Å². The lowest BCUT2D eigenvalue weighted by molar-refractivity contribution is 0.302. The summed E-state index contributed by atoms with van der Waals surface area (Å²) < 4.78 is 6.03. The number of aromatic hydroxyl groups is 1. The first-order valence-electron chi connectivity index (χ1n) is 8.21. The van der Waals surface area contributed by atoms with Crippen LogP contribution >= 0.6 is 23.2 Å². The second kappa shape index (κ2) is 8.35. The molecule has 134 valence electrons. The van der Waals surface area contributed by atoms with Crippen molar-refractivity contribution in [2.45, 2.75) is 20.1 Å². The van der Waals surface area contributed by atoms with Crippen molar-refractivity contribution in [1.82, 2.24) is 0 Å². The molecule has 3 nitrogen and oxygen atoms in total. The summed E-state index contributed by atoms with van der Waals surface area (Å²) >= 11 is 11.9. The lowest BCUT2D eigenvalue weighted by atomic mass is 10.1. The van der Waals surface area contributed by atoms with Crippen LogP contribution in [0.15, 0.2) is 60.7 Å². The number of phenols is 1. The molecule has 5 heteroatoms. The third kappa shape index (κ3) is 4.43. The number of halogens is 2. The highest BCUT2D eigenvalue weighted by atomic mass is 35.5. The Kier molecular flexibility index (Phi) is 5.92. The van der Waals surface area contributed by atoms with Crippen LogP contribution in [-0.2, 0) is 13.2 Å². The zero-order valence-electron chi connectivity index (χ0n) is 14.3. The molecule has 0 aromatic heterocycles. The first-order valence-corrected chi connectivity index (χ1v) is 8.97. The van der Waals surface area contributed by atoms with E-state index in [0.717, 1.165) is 22.6 Å². The van der Waals surface area contributed by atoms with E-state index >= 15 is 0 Å². The summed E-state index contributed by atoms with van der Waals surface area (Å²) in [6.45, 7) is 3.13. The first-order chi connectivity index (χ1) is 12.5. The van der Waals surface area contributed by atoms with E-state index in [-0.39, 0.29) is 15.8 Å². The SMILES string of the molecule is Cc1ccccc1COc1ccccc1CNc1cc(Cl)c(O)c(Cl)c1. The minimum atomic E-state index is -0.110. The van der Waals surface area contributed by atoms with Crippen molar-refractivity contribution in [3.05, 3.63) is 87.4 Å². The zero-order chi connectivity index (χ0) is 18.5. The first kappa shape index (κ1) is 18.4. The van der Waals surface area contributed by atoms with E-state index < -0.39 is 0 Å². The highest BCUT2D eigenvalue weighted by Gasteiger charge is 2.08. The van der Waals surface area contributed by atoms with Crippen LogP contribution in [0.4, 0.5) is 5.69 Å². The van der Waals surface area contributed by atoms with Gasteiger partial charge in [0, 0.05) is 17.8 Å². The molecule has 0 unspecified atom stereocenters. The lowest BCUT2D eigenvalue weighted by Crippen LogP contribution is -2.04. The molecule has 0 bridgehead atoms. The van der Waals surface area contributed by atoms with Gasteiger partial charge in [0.25, 0.3) is 0 Å². The molecule has 0 amide bonds. The molecule has 0 atom stereocenters. The number of ether oxygens (including phenoxy) is 1. The number of rotatable bonds is 6. The fourth-order valence-corrected chi connectivity index (χ4v) is 3.07. The maximum absolute atomic E-state index is 9.65. The fraction of sp³-hybridized carbons (Fsp3) is 0.143. The summed E-state index contributed by atoms with van der Waals surface area (Å²) in [5.74, 6) is 0.708. The van der Waals surface area contributed by atoms with Gasteiger partial charge in [0.1, 0.15) is 12.4 Å². The third-order valence-electron chi connectivity index (χ3n) is 4.12. The molecule has 0 fully saturated rings. The van der Waals surface area contributed by atoms with Crippen LogP contribution < -0.4 is 10.1 Å². The number of benzene rings is 3. The standard InChI is InChI=1S/C21H19Cl2NO2/c1-14-6-2-3-8-16(14)13-26-20-9-5-4-7-15(20)12-24-17-10-18(22)21(25)19(23)11-17/h2-11,24-25H,12-13H2,1H3. The molecule has 3 aromatic carbocycles. The van der Waals surface area contributed by atoms with Crippen LogP contribution in [0.2, 0.25) is 10.0 Å². The Labute approximate surface area is 163 Å². The molecular weight excluding hydrogens is 369 g/mol. The van der Waals surface area contributed by atoms with E-state index in [1.807, 2.05) is 36.4 Å². The minimum absolute atomic E-state index is 0.110. The van der Waals surface area contributed by atoms with Crippen molar-refractivity contribution in [3.8, 4) is 11.5 Å². The van der Waals surface area contributed by atoms with Gasteiger partial charge in [0.05, 0.1) is 10.0 Å². The van der Waals surface area contributed by atoms with Gasteiger partial charge in [0.2, 0.25) is 0 Å². The van der Waals surface area contributed by atoms with Gasteiger partial charge < -0.3 is 15.2 Å². The summed E-state index contributed by atoms with van der Waals surface area (Å²) in [6, 6.07) is 19.3. The number of anilines is 1. The van der Waals surface area contributed by atoms with Crippen LogP contribution in [0.25, 0.3) is 0 Å². The molecule has 26 heavy (non-hydrogen) atoms. The minimum Gasteiger partial charge on any atom is -0.505 e. The van der Waals surface area contributed by atoms with Crippen molar-refractivity contribution >= 4 is 28.9 Å². The van der Waals surface area contributed by atoms with E-state index in [4.69, 9.17) is 27.9 Å². The van der Waals surface area contributed by atoms with Gasteiger partial charge in [-0.25, -0.2) is 0 Å². The molecule has 3 rings (SSSR count). The Morgan fingerprint density at radius 2 is 1.54 bits per heavy atom. The number of hydrogen-bond donors (Lipinski definition) is 2. The number of hydrogen-bond acceptors (Lipinski definition) is 3. The van der Waals surface area contributed by atoms with E-state index in [9.17, 15) is 5.11 Å². The molecule has 3 aromatic rings. The summed E-state index contributed by atoms with van der Waals surface area (Å²) in [4.78, 5) is 0. The number of aryl methyl sites for hydroxylation is 1. The quantitative estimate of drug-likeness (QED) is 0.494. The Balaban J connectivity index is 1.70. The van der Waals surface area contributed by atoms with Crippen LogP contribution in [0.5, 0.6) is 11.5 Å². The van der Waals surface area contributed by atoms with Crippen molar-refractivity contribution in [2.24, 2.45) is 0 Å². The van der Waals surface area contributed by atoms with E-state index in [0.29, 0.717) is 13.2 Å². The molecule has 2 N–H and O–H groups in total. The fourth-order valence-electron chi connectivity index (χ4n) is 2.58. The molecule has 0 spiro atoms. The summed E-state index contributed by atoms with van der Waals surface area (Å²) in [7, 11) is 0. The van der Waals surface area contributed by atoms with Crippen LogP contribution in [0.1, 0.15) is 16.7 Å². The summed E-state index contributed by atoms with van der Waals surface area (Å²) in [5, 5.41) is 13.3. The van der Waals surface area contributed by atoms with Gasteiger partial charge in [-0.05, 0) is 36.2 Å². The second-order valence-corrected chi connectivity index (χ2v) is 6.78. The zero-order valence-corrected chi connectivity index (χ0v) is 15.8. The van der Waals surface area contributed by atoms with Gasteiger partial charge >= 0.3 is 0 Å². The van der Waals surface area contributed by atoms with Crippen LogP contribution in [0, 0.1) is 6.92 Å². The predicted octanol–water partition coefficient (Wildman–Crippen LogP) is 6.20. The third-order valence-corrected chi connectivity index (χ3v) is 4.69. The molecular formula is C21H19Cl2NO2. The average molecular weight is 388 g/mol. The molecule has 0 aliphatic carbocycles. The Morgan fingerprint density at radius 1 is 0.923 bits per heavy atom. The van der Waals surface area contributed by atoms with Crippen molar-refractivity contribution < 1.29 is 9.84 Å². The monoisotopic (exact) mass is 387 g/mol. The van der Waals surface area contributed by atoms with Gasteiger partial charge in [-0.1, -0.05) is 65.7 Å². The summed E-state index contributed by atoms with van der Waals surface area (Å²) in [5.41, 5.74) is 4.11. The Hall–Kier alpha value is -2.36. The maximum Gasteiger partial charge on any atom is 0.152 e. The van der Waals surface area contributed by atoms with E-state index in [2.05, 4.69) is 24.4 Å². The van der Waals surface area contributed by atoms with Crippen LogP contribution in [0.3, 0.4) is 0 Å². The van der Waals surface area contributed by atoms with Crippen LogP contribution in [-0.4, -0.2) is 5.11 Å². The van der Waals surface area contributed by atoms with E-state index in [1.165, 1.54) is 5.56 Å². The topological polar surface area (TPSA) is 41.5 Å². The molecule has 0 aliphatic rings. The maximum atomic E-state index is 9.65. The molecule has 0 heterocycles. The van der Waals surface area contributed by atoms with E-state index in [1.54, 1.807) is 12.1 Å². The normalized spacial score (nSPS) is 10.6. The number of para-hydroxylation sites is 1. The molecule has 0 aliphatic heterocycles. The number of phenolic OH excluding ortho intramolecular Hbond substituents is 1. The Bertz CT molecular complexity index is 889. The van der Waals surface area contributed by atoms with Gasteiger partial charge in [-0.2, -0.15) is 0 Å². The molecule has 0 radical (unpaired) electrons.